The molecule has 0 spiro atoms. The molecule has 1 fully saturated rings. The molecule has 0 amide bonds. The van der Waals surface area contributed by atoms with E-state index in [2.05, 4.69) is 17.5 Å². The zero-order chi connectivity index (χ0) is 9.10. The SMILES string of the molecule is O=C1CCCCC1Cc1cccs1. The van der Waals surface area contributed by atoms with E-state index in [-0.39, 0.29) is 0 Å². The Morgan fingerprint density at radius 2 is 2.38 bits per heavy atom. The summed E-state index contributed by atoms with van der Waals surface area (Å²) in [5.74, 6) is 0.812. The van der Waals surface area contributed by atoms with E-state index in [1.807, 2.05) is 0 Å². The highest BCUT2D eigenvalue weighted by atomic mass is 32.1. The number of carbonyl (C=O) groups excluding carboxylic acids is 1. The molecule has 0 radical (unpaired) electrons. The van der Waals surface area contributed by atoms with Gasteiger partial charge in [-0.25, -0.2) is 0 Å². The average molecular weight is 194 g/mol. The molecule has 0 saturated heterocycles. The van der Waals surface area contributed by atoms with E-state index in [0.29, 0.717) is 11.7 Å². The summed E-state index contributed by atoms with van der Waals surface area (Å²) in [5.41, 5.74) is 0. The summed E-state index contributed by atoms with van der Waals surface area (Å²) < 4.78 is 0. The van der Waals surface area contributed by atoms with Crippen LogP contribution in [0.25, 0.3) is 0 Å². The lowest BCUT2D eigenvalue weighted by Gasteiger charge is -2.19. The van der Waals surface area contributed by atoms with Gasteiger partial charge in [-0.2, -0.15) is 0 Å². The van der Waals surface area contributed by atoms with E-state index < -0.39 is 0 Å². The predicted octanol–water partition coefficient (Wildman–Crippen LogP) is 3.05. The van der Waals surface area contributed by atoms with Crippen molar-refractivity contribution in [2.45, 2.75) is 32.1 Å². The summed E-state index contributed by atoms with van der Waals surface area (Å²) in [6.07, 6.45) is 5.25. The molecule has 1 unspecified atom stereocenters. The molecule has 0 bridgehead atoms. The van der Waals surface area contributed by atoms with Crippen LogP contribution in [0, 0.1) is 5.92 Å². The van der Waals surface area contributed by atoms with E-state index in [9.17, 15) is 4.79 Å². The molecule has 0 N–H and O–H groups in total. The van der Waals surface area contributed by atoms with Crippen LogP contribution in [0.5, 0.6) is 0 Å². The first-order valence-electron chi connectivity index (χ1n) is 4.91. The van der Waals surface area contributed by atoms with Crippen molar-refractivity contribution in [3.63, 3.8) is 0 Å². The first-order chi connectivity index (χ1) is 6.36. The molecule has 2 heteroatoms. The molecule has 70 valence electrons. The van der Waals surface area contributed by atoms with Gasteiger partial charge in [0.25, 0.3) is 0 Å². The van der Waals surface area contributed by atoms with Gasteiger partial charge in [-0.3, -0.25) is 4.79 Å². The van der Waals surface area contributed by atoms with Crippen molar-refractivity contribution in [2.75, 3.05) is 0 Å². The topological polar surface area (TPSA) is 17.1 Å². The summed E-state index contributed by atoms with van der Waals surface area (Å²) >= 11 is 1.77. The fraction of sp³-hybridized carbons (Fsp3) is 0.545. The van der Waals surface area contributed by atoms with Crippen LogP contribution in [0.3, 0.4) is 0 Å². The molecule has 13 heavy (non-hydrogen) atoms. The number of thiophene rings is 1. The van der Waals surface area contributed by atoms with Crippen molar-refractivity contribution in [2.24, 2.45) is 5.92 Å². The lowest BCUT2D eigenvalue weighted by molar-refractivity contribution is -0.124. The van der Waals surface area contributed by atoms with E-state index in [4.69, 9.17) is 0 Å². The zero-order valence-electron chi connectivity index (χ0n) is 7.66. The van der Waals surface area contributed by atoms with Gasteiger partial charge in [-0.1, -0.05) is 12.5 Å². The minimum absolute atomic E-state index is 0.326. The third-order valence-corrected chi connectivity index (χ3v) is 3.61. The van der Waals surface area contributed by atoms with Crippen LogP contribution >= 0.6 is 11.3 Å². The number of Topliss-reactive ketones (excluding diaryl/α,β-unsaturated/α-hetero) is 1. The molecule has 1 heterocycles. The maximum absolute atomic E-state index is 11.5. The van der Waals surface area contributed by atoms with Crippen molar-refractivity contribution in [3.05, 3.63) is 22.4 Å². The molecule has 1 aromatic heterocycles. The predicted molar refractivity (Wildman–Crippen MR) is 55.0 cm³/mol. The second-order valence-corrected chi connectivity index (χ2v) is 4.72. The Balaban J connectivity index is 1.97. The van der Waals surface area contributed by atoms with Crippen molar-refractivity contribution in [3.8, 4) is 0 Å². The first-order valence-corrected chi connectivity index (χ1v) is 5.79. The van der Waals surface area contributed by atoms with Crippen LogP contribution in [-0.4, -0.2) is 5.78 Å². The molecule has 1 saturated carbocycles. The normalized spacial score (nSPS) is 23.4. The summed E-state index contributed by atoms with van der Waals surface area (Å²) in [7, 11) is 0. The second kappa shape index (κ2) is 4.05. The van der Waals surface area contributed by atoms with Crippen molar-refractivity contribution >= 4 is 17.1 Å². The van der Waals surface area contributed by atoms with Gasteiger partial charge >= 0.3 is 0 Å². The van der Waals surface area contributed by atoms with Crippen LogP contribution in [0.15, 0.2) is 17.5 Å². The minimum atomic E-state index is 0.326. The summed E-state index contributed by atoms with van der Waals surface area (Å²) in [4.78, 5) is 12.9. The first kappa shape index (κ1) is 8.95. The smallest absolute Gasteiger partial charge is 0.136 e. The maximum Gasteiger partial charge on any atom is 0.136 e. The monoisotopic (exact) mass is 194 g/mol. The summed E-state index contributed by atoms with van der Waals surface area (Å²) in [5, 5.41) is 2.09. The highest BCUT2D eigenvalue weighted by molar-refractivity contribution is 7.09. The van der Waals surface area contributed by atoms with E-state index in [1.165, 1.54) is 11.3 Å². The molecular weight excluding hydrogens is 180 g/mol. The Morgan fingerprint density at radius 1 is 1.46 bits per heavy atom. The molecule has 2 rings (SSSR count). The Labute approximate surface area is 82.8 Å². The van der Waals surface area contributed by atoms with Gasteiger partial charge in [-0.15, -0.1) is 11.3 Å². The highest BCUT2D eigenvalue weighted by Gasteiger charge is 2.22. The standard InChI is InChI=1S/C11H14OS/c12-11-6-2-1-4-9(11)8-10-5-3-7-13-10/h3,5,7,9H,1-2,4,6,8H2. The maximum atomic E-state index is 11.5. The quantitative estimate of drug-likeness (QED) is 0.707. The summed E-state index contributed by atoms with van der Waals surface area (Å²) in [6, 6.07) is 4.19. The van der Waals surface area contributed by atoms with E-state index in [0.717, 1.165) is 25.7 Å². The average Bonchev–Trinajstić information content (AvgIpc) is 2.61. The zero-order valence-corrected chi connectivity index (χ0v) is 8.48. The Kier molecular flexibility index (Phi) is 2.79. The van der Waals surface area contributed by atoms with Crippen LogP contribution in [0.1, 0.15) is 30.6 Å². The molecule has 1 aliphatic carbocycles. The van der Waals surface area contributed by atoms with Crippen LogP contribution in [0.2, 0.25) is 0 Å². The molecule has 0 aliphatic heterocycles. The van der Waals surface area contributed by atoms with Crippen LogP contribution in [-0.2, 0) is 11.2 Å². The number of rotatable bonds is 2. The Bertz CT molecular complexity index is 276. The molecule has 1 atom stereocenters. The van der Waals surface area contributed by atoms with Gasteiger partial charge in [0, 0.05) is 17.2 Å². The lowest BCUT2D eigenvalue weighted by Crippen LogP contribution is -2.20. The molecule has 1 nitrogen and oxygen atoms in total. The molecular formula is C11H14OS. The molecule has 1 aliphatic rings. The van der Waals surface area contributed by atoms with Gasteiger partial charge in [0.1, 0.15) is 5.78 Å². The van der Waals surface area contributed by atoms with Crippen molar-refractivity contribution in [1.82, 2.24) is 0 Å². The summed E-state index contributed by atoms with van der Waals surface area (Å²) in [6.45, 7) is 0. The third kappa shape index (κ3) is 2.19. The minimum Gasteiger partial charge on any atom is -0.299 e. The number of ketones is 1. The molecule has 1 aromatic rings. The second-order valence-electron chi connectivity index (χ2n) is 3.69. The van der Waals surface area contributed by atoms with Gasteiger partial charge in [0.05, 0.1) is 0 Å². The van der Waals surface area contributed by atoms with E-state index >= 15 is 0 Å². The largest absolute Gasteiger partial charge is 0.299 e. The van der Waals surface area contributed by atoms with Crippen LogP contribution in [0.4, 0.5) is 0 Å². The number of hydrogen-bond donors (Lipinski definition) is 0. The number of carbonyl (C=O) groups is 1. The lowest BCUT2D eigenvalue weighted by atomic mass is 9.85. The van der Waals surface area contributed by atoms with Crippen molar-refractivity contribution < 1.29 is 4.79 Å². The van der Waals surface area contributed by atoms with Gasteiger partial charge in [-0.05, 0) is 30.7 Å². The Hall–Kier alpha value is -0.630. The third-order valence-electron chi connectivity index (χ3n) is 2.71. The Morgan fingerprint density at radius 3 is 3.08 bits per heavy atom. The fourth-order valence-electron chi connectivity index (χ4n) is 1.94. The highest BCUT2D eigenvalue weighted by Crippen LogP contribution is 2.25. The van der Waals surface area contributed by atoms with Gasteiger partial charge < -0.3 is 0 Å². The van der Waals surface area contributed by atoms with E-state index in [1.54, 1.807) is 11.3 Å². The van der Waals surface area contributed by atoms with Gasteiger partial charge in [0.15, 0.2) is 0 Å². The van der Waals surface area contributed by atoms with Gasteiger partial charge in [0.2, 0.25) is 0 Å². The van der Waals surface area contributed by atoms with Crippen molar-refractivity contribution in [1.29, 1.82) is 0 Å². The number of hydrogen-bond acceptors (Lipinski definition) is 2. The van der Waals surface area contributed by atoms with Crippen LogP contribution < -0.4 is 0 Å². The molecule has 0 aromatic carbocycles. The fourth-order valence-corrected chi connectivity index (χ4v) is 2.73.